The van der Waals surface area contributed by atoms with Crippen molar-refractivity contribution in [3.8, 4) is 0 Å². The van der Waals surface area contributed by atoms with Gasteiger partial charge < -0.3 is 20.9 Å². The number of ether oxygens (including phenoxy) is 2. The summed E-state index contributed by atoms with van der Waals surface area (Å²) in [7, 11) is 3.21. The Morgan fingerprint density at radius 3 is 1.52 bits per heavy atom. The summed E-state index contributed by atoms with van der Waals surface area (Å²) in [4.78, 5) is 22.5. The Labute approximate surface area is 140 Å². The lowest BCUT2D eigenvalue weighted by atomic mass is 10.2. The predicted molar refractivity (Wildman–Crippen MR) is 90.6 cm³/mol. The number of rotatable bonds is 11. The van der Waals surface area contributed by atoms with Crippen molar-refractivity contribution in [2.24, 2.45) is 11.5 Å². The van der Waals surface area contributed by atoms with Gasteiger partial charge >= 0.3 is 11.9 Å². The number of hydrogen-bond acceptors (Lipinski definition) is 8. The highest BCUT2D eigenvalue weighted by Gasteiger charge is 2.15. The van der Waals surface area contributed by atoms with Gasteiger partial charge in [-0.2, -0.15) is 0 Å². The van der Waals surface area contributed by atoms with Crippen molar-refractivity contribution in [3.63, 3.8) is 0 Å². The number of hydrogen-bond donors (Lipinski definition) is 2. The van der Waals surface area contributed by atoms with E-state index < -0.39 is 12.1 Å². The summed E-state index contributed by atoms with van der Waals surface area (Å²) < 4.78 is 9.63. The van der Waals surface area contributed by atoms with Crippen molar-refractivity contribution >= 4 is 45.9 Å². The van der Waals surface area contributed by atoms with Crippen LogP contribution in [-0.2, 0) is 19.1 Å². The van der Waals surface area contributed by atoms with Gasteiger partial charge in [0, 0.05) is 11.5 Å². The summed E-state index contributed by atoms with van der Waals surface area (Å²) in [5.41, 5.74) is 11.3. The van der Waals surface area contributed by atoms with Crippen molar-refractivity contribution in [1.82, 2.24) is 0 Å². The SMILES string of the molecule is CCOC(=O)C(N)CCSSCCC(N)C(=O)OCC.Cl. The Kier molecular flexibility index (Phi) is 16.3. The van der Waals surface area contributed by atoms with Crippen LogP contribution in [0.4, 0.5) is 0 Å². The maximum atomic E-state index is 11.3. The molecule has 0 aromatic carbocycles. The molecule has 0 aliphatic rings. The topological polar surface area (TPSA) is 105 Å². The molecule has 0 radical (unpaired) electrons. The summed E-state index contributed by atoms with van der Waals surface area (Å²) in [6.07, 6.45) is 1.14. The largest absolute Gasteiger partial charge is 0.465 e. The quantitative estimate of drug-likeness (QED) is 0.323. The van der Waals surface area contributed by atoms with E-state index in [4.69, 9.17) is 20.9 Å². The zero-order valence-corrected chi connectivity index (χ0v) is 14.9. The molecular formula is C12H25ClN2O4S2. The number of carbonyl (C=O) groups excluding carboxylic acids is 2. The minimum Gasteiger partial charge on any atom is -0.465 e. The van der Waals surface area contributed by atoms with Gasteiger partial charge in [0.25, 0.3) is 0 Å². The van der Waals surface area contributed by atoms with Gasteiger partial charge in [0.1, 0.15) is 12.1 Å². The van der Waals surface area contributed by atoms with Gasteiger partial charge in [-0.3, -0.25) is 9.59 Å². The van der Waals surface area contributed by atoms with E-state index in [1.165, 1.54) is 0 Å². The van der Waals surface area contributed by atoms with Crippen molar-refractivity contribution < 1.29 is 19.1 Å². The Bertz CT molecular complexity index is 270. The first-order valence-electron chi connectivity index (χ1n) is 6.61. The van der Waals surface area contributed by atoms with E-state index in [1.807, 2.05) is 0 Å². The highest BCUT2D eigenvalue weighted by atomic mass is 35.5. The van der Waals surface area contributed by atoms with Gasteiger partial charge in [-0.05, 0) is 26.7 Å². The molecule has 0 heterocycles. The van der Waals surface area contributed by atoms with Gasteiger partial charge in [-0.15, -0.1) is 12.4 Å². The van der Waals surface area contributed by atoms with Crippen molar-refractivity contribution in [1.29, 1.82) is 0 Å². The Balaban J connectivity index is 0. The van der Waals surface area contributed by atoms with Gasteiger partial charge in [0.2, 0.25) is 0 Å². The van der Waals surface area contributed by atoms with E-state index in [0.717, 1.165) is 11.5 Å². The van der Waals surface area contributed by atoms with Crippen LogP contribution in [0.15, 0.2) is 0 Å². The van der Waals surface area contributed by atoms with Crippen LogP contribution in [0.3, 0.4) is 0 Å². The predicted octanol–water partition coefficient (Wildman–Crippen LogP) is 1.35. The number of carbonyl (C=O) groups is 2. The van der Waals surface area contributed by atoms with E-state index in [9.17, 15) is 9.59 Å². The first-order valence-corrected chi connectivity index (χ1v) is 9.10. The first-order chi connectivity index (χ1) is 9.52. The summed E-state index contributed by atoms with van der Waals surface area (Å²) in [5.74, 6) is 0.781. The van der Waals surface area contributed by atoms with E-state index in [-0.39, 0.29) is 24.3 Å². The van der Waals surface area contributed by atoms with Crippen molar-refractivity contribution in [2.75, 3.05) is 24.7 Å². The van der Waals surface area contributed by atoms with Crippen LogP contribution in [-0.4, -0.2) is 48.7 Å². The Morgan fingerprint density at radius 1 is 0.905 bits per heavy atom. The zero-order chi connectivity index (χ0) is 15.4. The van der Waals surface area contributed by atoms with Crippen molar-refractivity contribution in [3.05, 3.63) is 0 Å². The standard InChI is InChI=1S/C12H24N2O4S2.ClH/c1-3-17-11(15)9(13)5-7-19-20-8-6-10(14)12(16)18-4-2;/h9-10H,3-8,13-14H2,1-2H3;1H. The third-order valence-corrected chi connectivity index (χ3v) is 4.76. The molecule has 2 unspecified atom stereocenters. The average Bonchev–Trinajstić information content (AvgIpc) is 2.42. The molecule has 9 heteroatoms. The van der Waals surface area contributed by atoms with Crippen LogP contribution < -0.4 is 11.5 Å². The molecule has 0 amide bonds. The maximum Gasteiger partial charge on any atom is 0.322 e. The van der Waals surface area contributed by atoms with E-state index in [1.54, 1.807) is 35.4 Å². The fourth-order valence-electron chi connectivity index (χ4n) is 1.20. The van der Waals surface area contributed by atoms with Crippen LogP contribution in [0.5, 0.6) is 0 Å². The lowest BCUT2D eigenvalue weighted by Gasteiger charge is -2.11. The molecule has 0 saturated heterocycles. The van der Waals surface area contributed by atoms with Crippen LogP contribution in [0.2, 0.25) is 0 Å². The summed E-state index contributed by atoms with van der Waals surface area (Å²) >= 11 is 0. The minimum absolute atomic E-state index is 0. The monoisotopic (exact) mass is 360 g/mol. The molecule has 0 aliphatic carbocycles. The molecule has 0 bridgehead atoms. The van der Waals surface area contributed by atoms with Crippen LogP contribution in [0.1, 0.15) is 26.7 Å². The smallest absolute Gasteiger partial charge is 0.322 e. The normalized spacial score (nSPS) is 13.0. The second kappa shape index (κ2) is 14.8. The van der Waals surface area contributed by atoms with Crippen LogP contribution in [0.25, 0.3) is 0 Å². The van der Waals surface area contributed by atoms with Gasteiger partial charge in [-0.25, -0.2) is 0 Å². The molecule has 0 aromatic heterocycles. The van der Waals surface area contributed by atoms with Crippen LogP contribution >= 0.6 is 34.0 Å². The summed E-state index contributed by atoms with van der Waals surface area (Å²) in [6.45, 7) is 4.20. The Hall–Kier alpha value is -0.150. The molecule has 2 atom stereocenters. The number of esters is 2. The molecule has 0 rings (SSSR count). The van der Waals surface area contributed by atoms with Crippen LogP contribution in [0, 0.1) is 0 Å². The number of nitrogens with two attached hydrogens (primary N) is 2. The van der Waals surface area contributed by atoms with Gasteiger partial charge in [0.05, 0.1) is 13.2 Å². The molecule has 126 valence electrons. The third-order valence-electron chi connectivity index (χ3n) is 2.29. The highest BCUT2D eigenvalue weighted by Crippen LogP contribution is 2.23. The second-order valence-corrected chi connectivity index (χ2v) is 6.64. The van der Waals surface area contributed by atoms with Gasteiger partial charge in [0.15, 0.2) is 0 Å². The molecule has 0 aromatic rings. The zero-order valence-electron chi connectivity index (χ0n) is 12.4. The molecule has 0 aliphatic heterocycles. The molecule has 0 fully saturated rings. The van der Waals surface area contributed by atoms with Gasteiger partial charge in [-0.1, -0.05) is 21.6 Å². The lowest BCUT2D eigenvalue weighted by Crippen LogP contribution is -2.33. The van der Waals surface area contributed by atoms with E-state index >= 15 is 0 Å². The highest BCUT2D eigenvalue weighted by molar-refractivity contribution is 8.76. The second-order valence-electron chi connectivity index (χ2n) is 3.94. The van der Waals surface area contributed by atoms with E-state index in [0.29, 0.717) is 26.1 Å². The lowest BCUT2D eigenvalue weighted by molar-refractivity contribution is -0.145. The first kappa shape index (κ1) is 23.1. The molecule has 4 N–H and O–H groups in total. The molecule has 0 spiro atoms. The molecule has 21 heavy (non-hydrogen) atoms. The number of halogens is 1. The minimum atomic E-state index is -0.565. The fourth-order valence-corrected chi connectivity index (χ4v) is 3.42. The molecular weight excluding hydrogens is 336 g/mol. The summed E-state index contributed by atoms with van der Waals surface area (Å²) in [5, 5.41) is 0. The average molecular weight is 361 g/mol. The summed E-state index contributed by atoms with van der Waals surface area (Å²) in [6, 6.07) is -1.13. The van der Waals surface area contributed by atoms with Crippen molar-refractivity contribution in [2.45, 2.75) is 38.8 Å². The Morgan fingerprint density at radius 2 is 1.24 bits per heavy atom. The maximum absolute atomic E-state index is 11.3. The molecule has 0 saturated carbocycles. The third kappa shape index (κ3) is 12.1. The van der Waals surface area contributed by atoms with E-state index in [2.05, 4.69) is 0 Å². The molecule has 6 nitrogen and oxygen atoms in total. The fraction of sp³-hybridized carbons (Fsp3) is 0.833.